The van der Waals surface area contributed by atoms with Crippen LogP contribution in [0.5, 0.6) is 0 Å². The number of sulfonamides is 1. The van der Waals surface area contributed by atoms with Crippen molar-refractivity contribution in [2.45, 2.75) is 36.2 Å². The number of hydrogen-bond donors (Lipinski definition) is 1. The molecule has 112 valence electrons. The van der Waals surface area contributed by atoms with E-state index < -0.39 is 33.9 Å². The largest absolute Gasteiger partial charge is 0.294 e. The molecular weight excluding hydrogens is 316 g/mol. The van der Waals surface area contributed by atoms with Crippen LogP contribution in [0.1, 0.15) is 19.3 Å². The lowest BCUT2D eigenvalue weighted by molar-refractivity contribution is -0.143. The van der Waals surface area contributed by atoms with Crippen LogP contribution >= 0.6 is 11.6 Å². The maximum absolute atomic E-state index is 12.8. The van der Waals surface area contributed by atoms with E-state index in [4.69, 9.17) is 11.6 Å². The Balaban J connectivity index is 2.06. The molecule has 0 spiro atoms. The van der Waals surface area contributed by atoms with Crippen LogP contribution in [0.25, 0.3) is 0 Å². The zero-order valence-corrected chi connectivity index (χ0v) is 12.5. The molecule has 0 saturated carbocycles. The molecule has 21 heavy (non-hydrogen) atoms. The summed E-state index contributed by atoms with van der Waals surface area (Å²) in [6.07, 6.45) is 1.49. The Bertz CT molecular complexity index is 679. The Morgan fingerprint density at radius 2 is 1.57 bits per heavy atom. The SMILES string of the molecule is O=C1NC(=O)C2CCCC1N2S(=O)(=O)c1ccc(Cl)cc1. The van der Waals surface area contributed by atoms with Gasteiger partial charge in [-0.05, 0) is 43.5 Å². The Morgan fingerprint density at radius 1 is 1.05 bits per heavy atom. The molecule has 2 bridgehead atoms. The molecule has 3 rings (SSSR count). The summed E-state index contributed by atoms with van der Waals surface area (Å²) in [6.45, 7) is 0. The predicted octanol–water partition coefficient (Wildman–Crippen LogP) is 0.908. The molecule has 2 aliphatic rings. The monoisotopic (exact) mass is 328 g/mol. The van der Waals surface area contributed by atoms with Crippen molar-refractivity contribution in [1.82, 2.24) is 9.62 Å². The standard InChI is InChI=1S/C13H13ClN2O4S/c14-8-4-6-9(7-5-8)21(19,20)16-10-2-1-3-11(16)13(18)15-12(10)17/h4-7,10-11H,1-3H2,(H,15,17,18). The van der Waals surface area contributed by atoms with Crippen LogP contribution in [-0.4, -0.2) is 36.6 Å². The molecule has 2 unspecified atom stereocenters. The van der Waals surface area contributed by atoms with Crippen LogP contribution < -0.4 is 5.32 Å². The molecule has 0 radical (unpaired) electrons. The Morgan fingerprint density at radius 3 is 2.10 bits per heavy atom. The summed E-state index contributed by atoms with van der Waals surface area (Å²) in [5.41, 5.74) is 0. The van der Waals surface area contributed by atoms with E-state index in [1.807, 2.05) is 0 Å². The topological polar surface area (TPSA) is 83.6 Å². The van der Waals surface area contributed by atoms with Gasteiger partial charge in [-0.1, -0.05) is 11.6 Å². The summed E-state index contributed by atoms with van der Waals surface area (Å²) in [6, 6.07) is 4.06. The second-order valence-corrected chi connectivity index (χ2v) is 7.38. The molecule has 1 aromatic rings. The average molecular weight is 329 g/mol. The minimum absolute atomic E-state index is 0.0336. The fourth-order valence-electron chi connectivity index (χ4n) is 2.82. The fraction of sp³-hybridized carbons (Fsp3) is 0.385. The molecule has 2 atom stereocenters. The van der Waals surface area contributed by atoms with Crippen LogP contribution in [-0.2, 0) is 19.6 Å². The number of hydrogen-bond acceptors (Lipinski definition) is 4. The summed E-state index contributed by atoms with van der Waals surface area (Å²) in [4.78, 5) is 23.8. The van der Waals surface area contributed by atoms with E-state index in [0.29, 0.717) is 24.3 Å². The van der Waals surface area contributed by atoms with Gasteiger partial charge in [0.25, 0.3) is 0 Å². The van der Waals surface area contributed by atoms with Gasteiger partial charge in [-0.2, -0.15) is 4.31 Å². The van der Waals surface area contributed by atoms with Gasteiger partial charge in [0.05, 0.1) is 4.90 Å². The fourth-order valence-corrected chi connectivity index (χ4v) is 4.74. The van der Waals surface area contributed by atoms with Gasteiger partial charge in [-0.3, -0.25) is 14.9 Å². The highest BCUT2D eigenvalue weighted by Gasteiger charge is 2.50. The third-order valence-electron chi connectivity index (χ3n) is 3.81. The molecule has 2 aliphatic heterocycles. The number of halogens is 1. The first-order valence-corrected chi connectivity index (χ1v) is 8.37. The number of benzene rings is 1. The van der Waals surface area contributed by atoms with Crippen molar-refractivity contribution >= 4 is 33.4 Å². The van der Waals surface area contributed by atoms with Crippen LogP contribution in [0.3, 0.4) is 0 Å². The summed E-state index contributed by atoms with van der Waals surface area (Å²) in [5, 5.41) is 2.66. The second-order valence-electron chi connectivity index (χ2n) is 5.10. The smallest absolute Gasteiger partial charge is 0.245 e. The number of imide groups is 1. The number of fused-ring (bicyclic) bond motifs is 2. The Kier molecular flexibility index (Phi) is 3.51. The highest BCUT2D eigenvalue weighted by Crippen LogP contribution is 2.32. The lowest BCUT2D eigenvalue weighted by atomic mass is 9.94. The van der Waals surface area contributed by atoms with Crippen molar-refractivity contribution in [3.63, 3.8) is 0 Å². The van der Waals surface area contributed by atoms with Gasteiger partial charge in [-0.25, -0.2) is 8.42 Å². The second kappa shape index (κ2) is 5.08. The zero-order chi connectivity index (χ0) is 15.2. The molecule has 0 aliphatic carbocycles. The number of carbonyl (C=O) groups excluding carboxylic acids is 2. The third kappa shape index (κ3) is 2.35. The van der Waals surface area contributed by atoms with Crippen molar-refractivity contribution in [3.8, 4) is 0 Å². The summed E-state index contributed by atoms with van der Waals surface area (Å²) in [5.74, 6) is -1.10. The lowest BCUT2D eigenvalue weighted by Gasteiger charge is -2.42. The zero-order valence-electron chi connectivity index (χ0n) is 11.0. The number of piperazine rings is 1. The molecule has 6 nitrogen and oxygen atoms in total. The van der Waals surface area contributed by atoms with E-state index >= 15 is 0 Å². The molecule has 2 heterocycles. The van der Waals surface area contributed by atoms with Gasteiger partial charge >= 0.3 is 0 Å². The molecule has 1 aromatic carbocycles. The summed E-state index contributed by atoms with van der Waals surface area (Å²) >= 11 is 5.76. The number of carbonyl (C=O) groups is 2. The van der Waals surface area contributed by atoms with Crippen molar-refractivity contribution in [2.75, 3.05) is 0 Å². The molecule has 0 aromatic heterocycles. The van der Waals surface area contributed by atoms with Gasteiger partial charge in [0, 0.05) is 5.02 Å². The number of nitrogens with one attached hydrogen (secondary N) is 1. The number of amides is 2. The normalized spacial score (nSPS) is 26.5. The Labute approximate surface area is 127 Å². The van der Waals surface area contributed by atoms with Gasteiger partial charge in [0.15, 0.2) is 0 Å². The number of nitrogens with zero attached hydrogens (tertiary/aromatic N) is 1. The van der Waals surface area contributed by atoms with E-state index in [2.05, 4.69) is 5.32 Å². The molecule has 8 heteroatoms. The van der Waals surface area contributed by atoms with Crippen molar-refractivity contribution in [2.24, 2.45) is 0 Å². The number of piperidine rings is 1. The van der Waals surface area contributed by atoms with E-state index in [9.17, 15) is 18.0 Å². The van der Waals surface area contributed by atoms with E-state index in [-0.39, 0.29) is 4.90 Å². The first-order chi connectivity index (χ1) is 9.91. The van der Waals surface area contributed by atoms with Gasteiger partial charge in [0.2, 0.25) is 21.8 Å². The third-order valence-corrected chi connectivity index (χ3v) is 5.99. The molecule has 2 saturated heterocycles. The minimum Gasteiger partial charge on any atom is -0.294 e. The first-order valence-electron chi connectivity index (χ1n) is 6.55. The number of rotatable bonds is 2. The predicted molar refractivity (Wildman–Crippen MR) is 75.1 cm³/mol. The molecule has 2 amide bonds. The first kappa shape index (κ1) is 14.5. The van der Waals surface area contributed by atoms with Crippen LogP contribution in [0.15, 0.2) is 29.2 Å². The molecule has 2 fully saturated rings. The molecular formula is C13H13ClN2O4S. The van der Waals surface area contributed by atoms with E-state index in [0.717, 1.165) is 4.31 Å². The van der Waals surface area contributed by atoms with Crippen LogP contribution in [0.2, 0.25) is 5.02 Å². The highest BCUT2D eigenvalue weighted by atomic mass is 35.5. The van der Waals surface area contributed by atoms with Crippen molar-refractivity contribution in [3.05, 3.63) is 29.3 Å². The highest BCUT2D eigenvalue weighted by molar-refractivity contribution is 7.89. The van der Waals surface area contributed by atoms with E-state index in [1.165, 1.54) is 24.3 Å². The maximum atomic E-state index is 12.8. The lowest BCUT2D eigenvalue weighted by Crippen LogP contribution is -2.66. The van der Waals surface area contributed by atoms with Gasteiger partial charge in [0.1, 0.15) is 12.1 Å². The van der Waals surface area contributed by atoms with Gasteiger partial charge in [-0.15, -0.1) is 0 Å². The summed E-state index contributed by atoms with van der Waals surface area (Å²) < 4.78 is 26.6. The van der Waals surface area contributed by atoms with Crippen LogP contribution in [0, 0.1) is 0 Å². The molecule has 1 N–H and O–H groups in total. The van der Waals surface area contributed by atoms with Crippen molar-refractivity contribution in [1.29, 1.82) is 0 Å². The average Bonchev–Trinajstić information content (AvgIpc) is 2.45. The van der Waals surface area contributed by atoms with Crippen LogP contribution in [0.4, 0.5) is 0 Å². The van der Waals surface area contributed by atoms with Crippen molar-refractivity contribution < 1.29 is 18.0 Å². The Hall–Kier alpha value is -1.44. The maximum Gasteiger partial charge on any atom is 0.245 e. The van der Waals surface area contributed by atoms with Gasteiger partial charge < -0.3 is 0 Å². The van der Waals surface area contributed by atoms with E-state index in [1.54, 1.807) is 0 Å². The minimum atomic E-state index is -3.91. The summed E-state index contributed by atoms with van der Waals surface area (Å²) in [7, 11) is -3.91. The quantitative estimate of drug-likeness (QED) is 0.818.